The second kappa shape index (κ2) is 5.68. The topological polar surface area (TPSA) is 55.6 Å². The predicted octanol–water partition coefficient (Wildman–Crippen LogP) is 2.69. The molecule has 5 nitrogen and oxygen atoms in total. The number of nitrogens with one attached hydrogen (secondary N) is 1. The van der Waals surface area contributed by atoms with Crippen LogP contribution in [0.3, 0.4) is 0 Å². The smallest absolute Gasteiger partial charge is 0.170 e. The molecule has 0 aliphatic rings. The summed E-state index contributed by atoms with van der Waals surface area (Å²) in [5.41, 5.74) is 0.970. The molecule has 0 bridgehead atoms. The standard InChI is InChI=1S/C14H14BrN5/c1-2-16-9-14-17-18-19-20(14)13-6-4-10-7-12(15)5-3-11(10)8-13/h3-8,16H,2,9H2,1H3. The Morgan fingerprint density at radius 1 is 1.15 bits per heavy atom. The van der Waals surface area contributed by atoms with Gasteiger partial charge in [-0.1, -0.05) is 35.0 Å². The summed E-state index contributed by atoms with van der Waals surface area (Å²) in [6, 6.07) is 12.4. The summed E-state index contributed by atoms with van der Waals surface area (Å²) in [6.07, 6.45) is 0. The maximum atomic E-state index is 4.07. The van der Waals surface area contributed by atoms with Gasteiger partial charge in [-0.15, -0.1) is 5.10 Å². The largest absolute Gasteiger partial charge is 0.310 e. The van der Waals surface area contributed by atoms with E-state index in [1.165, 1.54) is 5.39 Å². The van der Waals surface area contributed by atoms with Crippen molar-refractivity contribution in [1.29, 1.82) is 0 Å². The van der Waals surface area contributed by atoms with Crippen LogP contribution in [0.5, 0.6) is 0 Å². The van der Waals surface area contributed by atoms with Crippen LogP contribution in [-0.2, 0) is 6.54 Å². The van der Waals surface area contributed by atoms with E-state index in [2.05, 4.69) is 68.0 Å². The Hall–Kier alpha value is -1.79. The van der Waals surface area contributed by atoms with E-state index in [0.29, 0.717) is 6.54 Å². The van der Waals surface area contributed by atoms with Gasteiger partial charge in [-0.25, -0.2) is 0 Å². The molecule has 0 unspecified atom stereocenters. The van der Waals surface area contributed by atoms with Gasteiger partial charge in [-0.2, -0.15) is 4.68 Å². The molecule has 0 radical (unpaired) electrons. The van der Waals surface area contributed by atoms with Crippen LogP contribution in [0.4, 0.5) is 0 Å². The molecule has 3 rings (SSSR count). The van der Waals surface area contributed by atoms with Crippen LogP contribution in [0, 0.1) is 0 Å². The van der Waals surface area contributed by atoms with Crippen molar-refractivity contribution in [3.05, 3.63) is 46.7 Å². The molecule has 20 heavy (non-hydrogen) atoms. The molecule has 0 aliphatic heterocycles. The highest BCUT2D eigenvalue weighted by Crippen LogP contribution is 2.22. The molecule has 102 valence electrons. The highest BCUT2D eigenvalue weighted by Gasteiger charge is 2.08. The van der Waals surface area contributed by atoms with E-state index in [0.717, 1.165) is 27.9 Å². The number of hydrogen-bond acceptors (Lipinski definition) is 4. The lowest BCUT2D eigenvalue weighted by atomic mass is 10.1. The van der Waals surface area contributed by atoms with Gasteiger partial charge in [0.15, 0.2) is 5.82 Å². The van der Waals surface area contributed by atoms with Crippen molar-refractivity contribution >= 4 is 26.7 Å². The Labute approximate surface area is 125 Å². The summed E-state index contributed by atoms with van der Waals surface area (Å²) in [7, 11) is 0. The Morgan fingerprint density at radius 3 is 2.80 bits per heavy atom. The predicted molar refractivity (Wildman–Crippen MR) is 81.7 cm³/mol. The normalized spacial score (nSPS) is 11.1. The quantitative estimate of drug-likeness (QED) is 0.798. The summed E-state index contributed by atoms with van der Waals surface area (Å²) < 4.78 is 2.84. The van der Waals surface area contributed by atoms with E-state index >= 15 is 0 Å². The summed E-state index contributed by atoms with van der Waals surface area (Å²) >= 11 is 3.48. The lowest BCUT2D eigenvalue weighted by molar-refractivity contribution is 0.664. The summed E-state index contributed by atoms with van der Waals surface area (Å²) in [6.45, 7) is 3.60. The van der Waals surface area contributed by atoms with Crippen molar-refractivity contribution in [3.8, 4) is 5.69 Å². The van der Waals surface area contributed by atoms with Gasteiger partial charge in [-0.3, -0.25) is 0 Å². The van der Waals surface area contributed by atoms with Crippen molar-refractivity contribution < 1.29 is 0 Å². The number of rotatable bonds is 4. The lowest BCUT2D eigenvalue weighted by Crippen LogP contribution is -2.16. The molecule has 2 aromatic carbocycles. The summed E-state index contributed by atoms with van der Waals surface area (Å²) in [4.78, 5) is 0. The minimum Gasteiger partial charge on any atom is -0.310 e. The maximum Gasteiger partial charge on any atom is 0.170 e. The average Bonchev–Trinajstić information content (AvgIpc) is 2.93. The van der Waals surface area contributed by atoms with Crippen molar-refractivity contribution in [1.82, 2.24) is 25.5 Å². The second-order valence-corrected chi connectivity index (χ2v) is 5.38. The van der Waals surface area contributed by atoms with Crippen LogP contribution in [0.25, 0.3) is 16.5 Å². The minimum atomic E-state index is 0.655. The zero-order valence-corrected chi connectivity index (χ0v) is 12.6. The fourth-order valence-corrected chi connectivity index (χ4v) is 2.47. The Morgan fingerprint density at radius 2 is 1.95 bits per heavy atom. The van der Waals surface area contributed by atoms with E-state index in [1.54, 1.807) is 4.68 Å². The average molecular weight is 332 g/mol. The number of nitrogens with zero attached hydrogens (tertiary/aromatic N) is 4. The Balaban J connectivity index is 2.02. The minimum absolute atomic E-state index is 0.655. The molecule has 3 aromatic rings. The second-order valence-electron chi connectivity index (χ2n) is 4.46. The number of aromatic nitrogens is 4. The molecular formula is C14H14BrN5. The molecule has 1 aromatic heterocycles. The molecule has 1 N–H and O–H groups in total. The van der Waals surface area contributed by atoms with E-state index in [4.69, 9.17) is 0 Å². The number of benzene rings is 2. The third-order valence-corrected chi connectivity index (χ3v) is 3.59. The van der Waals surface area contributed by atoms with Gasteiger partial charge >= 0.3 is 0 Å². The van der Waals surface area contributed by atoms with Crippen molar-refractivity contribution in [3.63, 3.8) is 0 Å². The zero-order chi connectivity index (χ0) is 13.9. The third-order valence-electron chi connectivity index (χ3n) is 3.10. The van der Waals surface area contributed by atoms with E-state index in [-0.39, 0.29) is 0 Å². The first-order chi connectivity index (χ1) is 9.78. The summed E-state index contributed by atoms with van der Waals surface area (Å²) in [5.74, 6) is 0.809. The van der Waals surface area contributed by atoms with Crippen LogP contribution in [0.1, 0.15) is 12.7 Å². The summed E-state index contributed by atoms with van der Waals surface area (Å²) in [5, 5.41) is 17.5. The molecule has 0 saturated heterocycles. The third kappa shape index (κ3) is 2.57. The van der Waals surface area contributed by atoms with E-state index < -0.39 is 0 Å². The molecule has 0 saturated carbocycles. The number of tetrazole rings is 1. The van der Waals surface area contributed by atoms with Crippen LogP contribution in [0.15, 0.2) is 40.9 Å². The van der Waals surface area contributed by atoms with E-state index in [1.807, 2.05) is 12.1 Å². The molecule has 0 amide bonds. The van der Waals surface area contributed by atoms with Gasteiger partial charge in [0.25, 0.3) is 0 Å². The van der Waals surface area contributed by atoms with Crippen LogP contribution >= 0.6 is 15.9 Å². The molecule has 1 heterocycles. The highest BCUT2D eigenvalue weighted by atomic mass is 79.9. The van der Waals surface area contributed by atoms with Crippen LogP contribution in [0.2, 0.25) is 0 Å². The monoisotopic (exact) mass is 331 g/mol. The Bertz CT molecular complexity index is 737. The molecule has 0 atom stereocenters. The number of halogens is 1. The molecule has 6 heteroatoms. The first kappa shape index (κ1) is 13.2. The van der Waals surface area contributed by atoms with E-state index in [9.17, 15) is 0 Å². The fraction of sp³-hybridized carbons (Fsp3) is 0.214. The lowest BCUT2D eigenvalue weighted by Gasteiger charge is -2.06. The van der Waals surface area contributed by atoms with Gasteiger partial charge in [0.2, 0.25) is 0 Å². The first-order valence-corrected chi connectivity index (χ1v) is 7.25. The molecule has 0 aliphatic carbocycles. The Kier molecular flexibility index (Phi) is 3.75. The van der Waals surface area contributed by atoms with Crippen molar-refractivity contribution in [2.24, 2.45) is 0 Å². The SMILES string of the molecule is CCNCc1nnnn1-c1ccc2cc(Br)ccc2c1. The van der Waals surface area contributed by atoms with Gasteiger partial charge < -0.3 is 5.32 Å². The first-order valence-electron chi connectivity index (χ1n) is 6.45. The zero-order valence-electron chi connectivity index (χ0n) is 11.0. The van der Waals surface area contributed by atoms with Gasteiger partial charge in [0.05, 0.1) is 12.2 Å². The molecule has 0 spiro atoms. The molecule has 0 fully saturated rings. The number of fused-ring (bicyclic) bond motifs is 1. The van der Waals surface area contributed by atoms with Crippen LogP contribution < -0.4 is 5.32 Å². The maximum absolute atomic E-state index is 4.07. The van der Waals surface area contributed by atoms with Crippen LogP contribution in [-0.4, -0.2) is 26.8 Å². The molecular weight excluding hydrogens is 318 g/mol. The van der Waals surface area contributed by atoms with Gasteiger partial charge in [0, 0.05) is 4.47 Å². The number of hydrogen-bond donors (Lipinski definition) is 1. The van der Waals surface area contributed by atoms with Crippen molar-refractivity contribution in [2.45, 2.75) is 13.5 Å². The fourth-order valence-electron chi connectivity index (χ4n) is 2.09. The highest BCUT2D eigenvalue weighted by molar-refractivity contribution is 9.10. The van der Waals surface area contributed by atoms with Crippen molar-refractivity contribution in [2.75, 3.05) is 6.54 Å². The van der Waals surface area contributed by atoms with Gasteiger partial charge in [0.1, 0.15) is 0 Å². The van der Waals surface area contributed by atoms with Gasteiger partial charge in [-0.05, 0) is 52.0 Å².